The van der Waals surface area contributed by atoms with Gasteiger partial charge in [-0.15, -0.1) is 0 Å². The van der Waals surface area contributed by atoms with Crippen LogP contribution in [0.2, 0.25) is 0 Å². The largest absolute Gasteiger partial charge is 0.378 e. The van der Waals surface area contributed by atoms with Gasteiger partial charge in [-0.25, -0.2) is 0 Å². The zero-order chi connectivity index (χ0) is 15.2. The minimum Gasteiger partial charge on any atom is -0.378 e. The molecule has 1 rings (SSSR count). The summed E-state index contributed by atoms with van der Waals surface area (Å²) >= 11 is 0. The molecule has 1 heterocycles. The standard InChI is InChI=1S/C19H39OS/c1-3-5-6-7-8-9-10-11-17-21(16-4-2)18-14-19-13-12-15-20-19/h19H,3-18H2,1-2H3/q+1. The molecule has 0 saturated carbocycles. The van der Waals surface area contributed by atoms with E-state index in [2.05, 4.69) is 13.8 Å². The van der Waals surface area contributed by atoms with E-state index in [4.69, 9.17) is 4.74 Å². The van der Waals surface area contributed by atoms with Gasteiger partial charge in [-0.2, -0.15) is 0 Å². The molecule has 2 heteroatoms. The van der Waals surface area contributed by atoms with Crippen molar-refractivity contribution in [1.29, 1.82) is 0 Å². The summed E-state index contributed by atoms with van der Waals surface area (Å²) < 4.78 is 5.78. The Morgan fingerprint density at radius 3 is 2.14 bits per heavy atom. The molecule has 2 unspecified atom stereocenters. The fourth-order valence-electron chi connectivity index (χ4n) is 3.21. The average molecular weight is 316 g/mol. The molecule has 0 aromatic carbocycles. The third kappa shape index (κ3) is 10.6. The lowest BCUT2D eigenvalue weighted by atomic mass is 10.1. The molecule has 0 amide bonds. The van der Waals surface area contributed by atoms with Crippen LogP contribution in [-0.2, 0) is 15.6 Å². The summed E-state index contributed by atoms with van der Waals surface area (Å²) in [5.41, 5.74) is 0. The van der Waals surface area contributed by atoms with Crippen molar-refractivity contribution in [3.05, 3.63) is 0 Å². The fourth-order valence-corrected chi connectivity index (χ4v) is 5.60. The van der Waals surface area contributed by atoms with E-state index in [-0.39, 0.29) is 0 Å². The van der Waals surface area contributed by atoms with Gasteiger partial charge in [0.1, 0.15) is 17.3 Å². The summed E-state index contributed by atoms with van der Waals surface area (Å²) in [6.45, 7) is 5.66. The van der Waals surface area contributed by atoms with Gasteiger partial charge in [0.05, 0.1) is 6.10 Å². The Balaban J connectivity index is 1.96. The maximum Gasteiger partial charge on any atom is 0.110 e. The molecular weight excluding hydrogens is 276 g/mol. The van der Waals surface area contributed by atoms with Gasteiger partial charge in [0.25, 0.3) is 0 Å². The zero-order valence-corrected chi connectivity index (χ0v) is 15.5. The van der Waals surface area contributed by atoms with E-state index in [1.807, 2.05) is 0 Å². The molecule has 21 heavy (non-hydrogen) atoms. The van der Waals surface area contributed by atoms with E-state index < -0.39 is 0 Å². The van der Waals surface area contributed by atoms with Gasteiger partial charge in [0, 0.05) is 13.0 Å². The summed E-state index contributed by atoms with van der Waals surface area (Å²) in [6, 6.07) is 0. The molecule has 0 aromatic heterocycles. The molecule has 0 N–H and O–H groups in total. The van der Waals surface area contributed by atoms with Crippen LogP contribution in [0.1, 0.15) is 90.9 Å². The van der Waals surface area contributed by atoms with Crippen molar-refractivity contribution in [3.63, 3.8) is 0 Å². The number of ether oxygens (including phenoxy) is 1. The van der Waals surface area contributed by atoms with E-state index in [0.717, 1.165) is 6.61 Å². The van der Waals surface area contributed by atoms with Crippen molar-refractivity contribution >= 4 is 10.9 Å². The Morgan fingerprint density at radius 1 is 0.810 bits per heavy atom. The fraction of sp³-hybridized carbons (Fsp3) is 1.00. The van der Waals surface area contributed by atoms with Gasteiger partial charge in [0.2, 0.25) is 0 Å². The van der Waals surface area contributed by atoms with Gasteiger partial charge >= 0.3 is 0 Å². The second-order valence-electron chi connectivity index (χ2n) is 6.62. The topological polar surface area (TPSA) is 9.23 Å². The highest BCUT2D eigenvalue weighted by molar-refractivity contribution is 7.96. The maximum atomic E-state index is 5.78. The molecule has 0 aliphatic carbocycles. The first kappa shape index (κ1) is 19.4. The second-order valence-corrected chi connectivity index (χ2v) is 9.07. The van der Waals surface area contributed by atoms with Crippen LogP contribution in [0, 0.1) is 0 Å². The molecular formula is C19H39OS+. The van der Waals surface area contributed by atoms with Crippen molar-refractivity contribution in [2.24, 2.45) is 0 Å². The molecule has 0 bridgehead atoms. The Bertz CT molecular complexity index is 214. The Kier molecular flexibility index (Phi) is 12.8. The average Bonchev–Trinajstić information content (AvgIpc) is 3.00. The third-order valence-corrected chi connectivity index (χ3v) is 7.20. The highest BCUT2D eigenvalue weighted by Crippen LogP contribution is 2.18. The molecule has 1 saturated heterocycles. The molecule has 1 aliphatic heterocycles. The number of unbranched alkanes of at least 4 members (excludes halogenated alkanes) is 7. The van der Waals surface area contributed by atoms with E-state index >= 15 is 0 Å². The van der Waals surface area contributed by atoms with Gasteiger partial charge < -0.3 is 4.74 Å². The summed E-state index contributed by atoms with van der Waals surface area (Å²) in [7, 11) is 0.689. The molecule has 1 fully saturated rings. The monoisotopic (exact) mass is 315 g/mol. The van der Waals surface area contributed by atoms with E-state index in [9.17, 15) is 0 Å². The van der Waals surface area contributed by atoms with Gasteiger partial charge in [0.15, 0.2) is 0 Å². The van der Waals surface area contributed by atoms with Crippen molar-refractivity contribution in [1.82, 2.24) is 0 Å². The van der Waals surface area contributed by atoms with Crippen LogP contribution < -0.4 is 0 Å². The van der Waals surface area contributed by atoms with Crippen LogP contribution in [0.4, 0.5) is 0 Å². The van der Waals surface area contributed by atoms with Gasteiger partial charge in [-0.05, 0) is 43.0 Å². The van der Waals surface area contributed by atoms with Crippen molar-refractivity contribution in [3.8, 4) is 0 Å². The second kappa shape index (κ2) is 13.9. The minimum atomic E-state index is 0.607. The predicted octanol–water partition coefficient (Wildman–Crippen LogP) is 5.72. The minimum absolute atomic E-state index is 0.607. The van der Waals surface area contributed by atoms with Crippen molar-refractivity contribution < 1.29 is 4.74 Å². The highest BCUT2D eigenvalue weighted by Gasteiger charge is 2.22. The first-order valence-corrected chi connectivity index (χ1v) is 11.4. The third-order valence-electron chi connectivity index (χ3n) is 4.53. The Morgan fingerprint density at radius 2 is 1.52 bits per heavy atom. The number of rotatable bonds is 14. The van der Waals surface area contributed by atoms with Crippen LogP contribution in [0.3, 0.4) is 0 Å². The van der Waals surface area contributed by atoms with Crippen LogP contribution >= 0.6 is 0 Å². The quantitative estimate of drug-likeness (QED) is 0.294. The molecule has 0 radical (unpaired) electrons. The van der Waals surface area contributed by atoms with Gasteiger partial charge in [-0.3, -0.25) is 0 Å². The van der Waals surface area contributed by atoms with Crippen LogP contribution in [0.15, 0.2) is 0 Å². The molecule has 0 spiro atoms. The molecule has 2 atom stereocenters. The lowest BCUT2D eigenvalue weighted by Crippen LogP contribution is -2.20. The molecule has 1 nitrogen and oxygen atoms in total. The lowest BCUT2D eigenvalue weighted by Gasteiger charge is -2.11. The van der Waals surface area contributed by atoms with E-state index in [0.29, 0.717) is 17.0 Å². The zero-order valence-electron chi connectivity index (χ0n) is 14.7. The molecule has 126 valence electrons. The first-order valence-electron chi connectivity index (χ1n) is 9.62. The maximum absolute atomic E-state index is 5.78. The normalized spacial score (nSPS) is 20.0. The van der Waals surface area contributed by atoms with Crippen LogP contribution in [0.25, 0.3) is 0 Å². The first-order chi connectivity index (χ1) is 10.4. The summed E-state index contributed by atoms with van der Waals surface area (Å²) in [5, 5.41) is 0. The SMILES string of the molecule is CCCCCCCCCC[S+](CCC)CCC1CCCO1. The molecule has 1 aliphatic rings. The number of hydrogen-bond acceptors (Lipinski definition) is 1. The smallest absolute Gasteiger partial charge is 0.110 e. The summed E-state index contributed by atoms with van der Waals surface area (Å²) in [5.74, 6) is 4.40. The van der Waals surface area contributed by atoms with E-state index in [1.165, 1.54) is 94.3 Å². The lowest BCUT2D eigenvalue weighted by molar-refractivity contribution is 0.109. The number of hydrogen-bond donors (Lipinski definition) is 0. The Labute approximate surface area is 137 Å². The van der Waals surface area contributed by atoms with Crippen LogP contribution in [-0.4, -0.2) is 30.0 Å². The highest BCUT2D eigenvalue weighted by atomic mass is 32.2. The Hall–Kier alpha value is 0.310. The van der Waals surface area contributed by atoms with Crippen molar-refractivity contribution in [2.45, 2.75) is 97.0 Å². The molecule has 0 aromatic rings. The van der Waals surface area contributed by atoms with Crippen molar-refractivity contribution in [2.75, 3.05) is 23.9 Å². The van der Waals surface area contributed by atoms with E-state index in [1.54, 1.807) is 0 Å². The van der Waals surface area contributed by atoms with Gasteiger partial charge in [-0.1, -0.05) is 52.4 Å². The predicted molar refractivity (Wildman–Crippen MR) is 98.5 cm³/mol. The van der Waals surface area contributed by atoms with Crippen LogP contribution in [0.5, 0.6) is 0 Å². The summed E-state index contributed by atoms with van der Waals surface area (Å²) in [4.78, 5) is 0. The summed E-state index contributed by atoms with van der Waals surface area (Å²) in [6.07, 6.45) is 17.5.